The largest absolute Gasteiger partial charge is 0.466 e. The van der Waals surface area contributed by atoms with Crippen LogP contribution >= 0.6 is 0 Å². The van der Waals surface area contributed by atoms with E-state index in [0.717, 1.165) is 0 Å². The van der Waals surface area contributed by atoms with Crippen LogP contribution < -0.4 is 0 Å². The highest BCUT2D eigenvalue weighted by atomic mass is 16.6. The summed E-state index contributed by atoms with van der Waals surface area (Å²) in [5.74, 6) is -1.10. The van der Waals surface area contributed by atoms with Gasteiger partial charge in [-0.3, -0.25) is 14.9 Å². The SMILES string of the molecule is CCOC(=O)CCc1ccc(C(=O)OCC)c([N+](=O)[O-])c1. The third-order valence-corrected chi connectivity index (χ3v) is 2.68. The summed E-state index contributed by atoms with van der Waals surface area (Å²) >= 11 is 0. The fourth-order valence-corrected chi connectivity index (χ4v) is 1.74. The van der Waals surface area contributed by atoms with Gasteiger partial charge in [0.2, 0.25) is 0 Å². The van der Waals surface area contributed by atoms with Crippen molar-refractivity contribution in [1.82, 2.24) is 0 Å². The first-order chi connectivity index (χ1) is 9.99. The summed E-state index contributed by atoms with van der Waals surface area (Å²) in [6, 6.07) is 4.20. The Hall–Kier alpha value is -2.44. The monoisotopic (exact) mass is 295 g/mol. The number of benzene rings is 1. The number of nitro benzene ring substituents is 1. The van der Waals surface area contributed by atoms with Crippen LogP contribution in [0.25, 0.3) is 0 Å². The van der Waals surface area contributed by atoms with Crippen molar-refractivity contribution in [1.29, 1.82) is 0 Å². The predicted molar refractivity (Wildman–Crippen MR) is 74.0 cm³/mol. The van der Waals surface area contributed by atoms with Gasteiger partial charge in [0.15, 0.2) is 0 Å². The average molecular weight is 295 g/mol. The molecule has 114 valence electrons. The van der Waals surface area contributed by atoms with Gasteiger partial charge in [-0.2, -0.15) is 0 Å². The molecule has 0 spiro atoms. The number of hydrogen-bond acceptors (Lipinski definition) is 6. The average Bonchev–Trinajstić information content (AvgIpc) is 2.45. The van der Waals surface area contributed by atoms with Crippen molar-refractivity contribution >= 4 is 17.6 Å². The second-order valence-electron chi connectivity index (χ2n) is 4.13. The summed E-state index contributed by atoms with van der Waals surface area (Å²) in [6.45, 7) is 3.76. The minimum absolute atomic E-state index is 0.0956. The number of carbonyl (C=O) groups excluding carboxylic acids is 2. The third-order valence-electron chi connectivity index (χ3n) is 2.68. The van der Waals surface area contributed by atoms with E-state index in [2.05, 4.69) is 0 Å². The lowest BCUT2D eigenvalue weighted by Gasteiger charge is -2.06. The van der Waals surface area contributed by atoms with Crippen LogP contribution in [0, 0.1) is 10.1 Å². The molecule has 0 aliphatic carbocycles. The Morgan fingerprint density at radius 3 is 2.43 bits per heavy atom. The van der Waals surface area contributed by atoms with Gasteiger partial charge < -0.3 is 9.47 Å². The van der Waals surface area contributed by atoms with Crippen molar-refractivity contribution in [3.63, 3.8) is 0 Å². The Kier molecular flexibility index (Phi) is 6.32. The van der Waals surface area contributed by atoms with Crippen molar-refractivity contribution in [2.75, 3.05) is 13.2 Å². The van der Waals surface area contributed by atoms with E-state index in [9.17, 15) is 19.7 Å². The van der Waals surface area contributed by atoms with Gasteiger partial charge in [0.25, 0.3) is 5.69 Å². The number of nitrogens with zero attached hydrogens (tertiary/aromatic N) is 1. The molecule has 0 bridgehead atoms. The number of nitro groups is 1. The fraction of sp³-hybridized carbons (Fsp3) is 0.429. The molecule has 0 unspecified atom stereocenters. The molecule has 0 aliphatic heterocycles. The predicted octanol–water partition coefficient (Wildman–Crippen LogP) is 2.27. The second-order valence-corrected chi connectivity index (χ2v) is 4.13. The van der Waals surface area contributed by atoms with E-state index >= 15 is 0 Å². The number of aryl methyl sites for hydroxylation is 1. The summed E-state index contributed by atoms with van der Waals surface area (Å²) in [7, 11) is 0. The zero-order valence-electron chi connectivity index (χ0n) is 12.0. The Balaban J connectivity index is 2.90. The lowest BCUT2D eigenvalue weighted by Crippen LogP contribution is -2.09. The normalized spacial score (nSPS) is 10.0. The summed E-state index contributed by atoms with van der Waals surface area (Å²) in [6.07, 6.45) is 0.437. The first kappa shape index (κ1) is 16.6. The minimum Gasteiger partial charge on any atom is -0.466 e. The number of rotatable bonds is 7. The maximum absolute atomic E-state index is 11.6. The van der Waals surface area contributed by atoms with Gasteiger partial charge in [-0.25, -0.2) is 4.79 Å². The van der Waals surface area contributed by atoms with Crippen molar-refractivity contribution in [3.05, 3.63) is 39.4 Å². The Morgan fingerprint density at radius 1 is 1.19 bits per heavy atom. The first-order valence-electron chi connectivity index (χ1n) is 6.59. The fourth-order valence-electron chi connectivity index (χ4n) is 1.74. The van der Waals surface area contributed by atoms with E-state index in [4.69, 9.17) is 9.47 Å². The van der Waals surface area contributed by atoms with Crippen molar-refractivity contribution in [2.24, 2.45) is 0 Å². The molecule has 7 nitrogen and oxygen atoms in total. The van der Waals surface area contributed by atoms with Crippen LogP contribution in [0.2, 0.25) is 0 Å². The Labute approximate surface area is 122 Å². The van der Waals surface area contributed by atoms with Gasteiger partial charge in [-0.15, -0.1) is 0 Å². The standard InChI is InChI=1S/C14H17NO6/c1-3-20-13(16)8-6-10-5-7-11(14(17)21-4-2)12(9-10)15(18)19/h5,7,9H,3-4,6,8H2,1-2H3. The van der Waals surface area contributed by atoms with Crippen LogP contribution in [0.4, 0.5) is 5.69 Å². The quantitative estimate of drug-likeness (QED) is 0.435. The van der Waals surface area contributed by atoms with Gasteiger partial charge >= 0.3 is 11.9 Å². The highest BCUT2D eigenvalue weighted by Crippen LogP contribution is 2.22. The van der Waals surface area contributed by atoms with Crippen molar-refractivity contribution < 1.29 is 24.0 Å². The molecular weight excluding hydrogens is 278 g/mol. The smallest absolute Gasteiger partial charge is 0.345 e. The van der Waals surface area contributed by atoms with E-state index in [1.165, 1.54) is 12.1 Å². The van der Waals surface area contributed by atoms with Gasteiger partial charge in [-0.1, -0.05) is 6.07 Å². The zero-order chi connectivity index (χ0) is 15.8. The lowest BCUT2D eigenvalue weighted by atomic mass is 10.1. The molecule has 0 heterocycles. The highest BCUT2D eigenvalue weighted by molar-refractivity contribution is 5.94. The molecule has 21 heavy (non-hydrogen) atoms. The minimum atomic E-state index is -0.735. The first-order valence-corrected chi connectivity index (χ1v) is 6.59. The molecule has 1 aromatic rings. The molecule has 0 fully saturated rings. The van der Waals surface area contributed by atoms with Crippen LogP contribution in [-0.2, 0) is 20.7 Å². The van der Waals surface area contributed by atoms with Gasteiger partial charge in [0.1, 0.15) is 5.56 Å². The summed E-state index contributed by atoms with van der Waals surface area (Å²) in [4.78, 5) is 33.3. The number of ether oxygens (including phenoxy) is 2. The van der Waals surface area contributed by atoms with Crippen LogP contribution in [0.5, 0.6) is 0 Å². The van der Waals surface area contributed by atoms with E-state index in [1.807, 2.05) is 0 Å². The van der Waals surface area contributed by atoms with Gasteiger partial charge in [-0.05, 0) is 31.9 Å². The molecule has 0 atom stereocenters. The molecule has 1 aromatic carbocycles. The topological polar surface area (TPSA) is 95.7 Å². The molecule has 0 N–H and O–H groups in total. The lowest BCUT2D eigenvalue weighted by molar-refractivity contribution is -0.385. The molecule has 7 heteroatoms. The molecular formula is C14H17NO6. The van der Waals surface area contributed by atoms with E-state index < -0.39 is 10.9 Å². The van der Waals surface area contributed by atoms with Crippen molar-refractivity contribution in [3.8, 4) is 0 Å². The number of carbonyl (C=O) groups is 2. The van der Waals surface area contributed by atoms with E-state index in [0.29, 0.717) is 18.6 Å². The highest BCUT2D eigenvalue weighted by Gasteiger charge is 2.21. The molecule has 0 amide bonds. The summed E-state index contributed by atoms with van der Waals surface area (Å²) in [5.41, 5.74) is 0.166. The number of esters is 2. The van der Waals surface area contributed by atoms with E-state index in [-0.39, 0.29) is 30.2 Å². The van der Waals surface area contributed by atoms with Crippen LogP contribution in [0.15, 0.2) is 18.2 Å². The maximum Gasteiger partial charge on any atom is 0.345 e. The van der Waals surface area contributed by atoms with Gasteiger partial charge in [0, 0.05) is 12.5 Å². The summed E-state index contributed by atoms with van der Waals surface area (Å²) < 4.78 is 9.56. The molecule has 0 aromatic heterocycles. The Bertz CT molecular complexity index is 540. The summed E-state index contributed by atoms with van der Waals surface area (Å²) in [5, 5.41) is 11.0. The number of hydrogen-bond donors (Lipinski definition) is 0. The maximum atomic E-state index is 11.6. The van der Waals surface area contributed by atoms with Crippen LogP contribution in [-0.4, -0.2) is 30.1 Å². The third kappa shape index (κ3) is 4.87. The van der Waals surface area contributed by atoms with Gasteiger partial charge in [0.05, 0.1) is 18.1 Å². The molecule has 1 rings (SSSR count). The molecule has 0 aliphatic rings. The molecule has 0 saturated heterocycles. The van der Waals surface area contributed by atoms with Crippen LogP contribution in [0.1, 0.15) is 36.2 Å². The van der Waals surface area contributed by atoms with Crippen LogP contribution in [0.3, 0.4) is 0 Å². The van der Waals surface area contributed by atoms with E-state index in [1.54, 1.807) is 19.9 Å². The second kappa shape index (κ2) is 7.98. The van der Waals surface area contributed by atoms with Crippen molar-refractivity contribution in [2.45, 2.75) is 26.7 Å². The molecule has 0 radical (unpaired) electrons. The molecule has 0 saturated carbocycles. The Morgan fingerprint density at radius 2 is 1.86 bits per heavy atom. The zero-order valence-corrected chi connectivity index (χ0v) is 12.0.